The molecule has 0 saturated heterocycles. The van der Waals surface area contributed by atoms with Crippen molar-refractivity contribution in [3.63, 3.8) is 0 Å². The Morgan fingerprint density at radius 2 is 0.360 bits per heavy atom. The normalized spacial score (nSPS) is 7.20. The summed E-state index contributed by atoms with van der Waals surface area (Å²) in [6.45, 7) is 11.6. The Labute approximate surface area is 176 Å². The fourth-order valence-electron chi connectivity index (χ4n) is 0. The first-order valence-corrected chi connectivity index (χ1v) is 8.97. The molecule has 0 aromatic rings. The summed E-state index contributed by atoms with van der Waals surface area (Å²) >= 11 is 0. The van der Waals surface area contributed by atoms with Crippen LogP contribution in [0.5, 0.6) is 0 Å². The molecule has 7 heteroatoms. The van der Waals surface area contributed by atoms with Crippen LogP contribution in [0.1, 0.15) is 80.1 Å². The van der Waals surface area contributed by atoms with Gasteiger partial charge in [0, 0.05) is 0 Å². The predicted octanol–water partition coefficient (Wildman–Crippen LogP) is -1.46. The molecule has 25 heavy (non-hydrogen) atoms. The smallest absolute Gasteiger partial charge is 0.854 e. The summed E-state index contributed by atoms with van der Waals surface area (Å²) in [7, 11) is 0. The maximum Gasteiger partial charge on any atom is 6.00 e. The number of hydrogen-bond acceptors (Lipinski definition) is 6. The number of rotatable bonds is 6. The second-order valence-corrected chi connectivity index (χ2v) is 4.22. The first-order chi connectivity index (χ1) is 11.5. The van der Waals surface area contributed by atoms with Gasteiger partial charge in [0.2, 0.25) is 0 Å². The first kappa shape index (κ1) is 44.8. The van der Waals surface area contributed by atoms with Crippen LogP contribution in [0.3, 0.4) is 0 Å². The van der Waals surface area contributed by atoms with Gasteiger partial charge in [-0.1, -0.05) is 80.1 Å². The molecule has 0 heterocycles. The van der Waals surface area contributed by atoms with Gasteiger partial charge in [-0.05, 0) is 0 Å². The largest absolute Gasteiger partial charge is 6.00 e. The second-order valence-electron chi connectivity index (χ2n) is 4.22. The third kappa shape index (κ3) is 286. The Bertz CT molecular complexity index is 68.5. The van der Waals surface area contributed by atoms with E-state index < -0.39 is 0 Å². The van der Waals surface area contributed by atoms with E-state index in [0.717, 1.165) is 38.5 Å². The summed E-state index contributed by atoms with van der Waals surface area (Å²) < 4.78 is 0. The monoisotopic (exact) mass is 444 g/mol. The zero-order chi connectivity index (χ0) is 20.5. The zero-order valence-electron chi connectivity index (χ0n) is 17.4. The minimum atomic E-state index is 0. The van der Waals surface area contributed by atoms with E-state index >= 15 is 0 Å². The molecule has 0 amide bonds. The molecule has 0 atom stereocenters. The maximum absolute atomic E-state index is 9.30. The van der Waals surface area contributed by atoms with E-state index in [2.05, 4.69) is 0 Å². The summed E-state index contributed by atoms with van der Waals surface area (Å²) in [5.74, 6) is 0. The molecule has 0 radical (unpaired) electrons. The van der Waals surface area contributed by atoms with E-state index in [1.807, 2.05) is 41.5 Å². The topological polar surface area (TPSA) is 138 Å². The van der Waals surface area contributed by atoms with Gasteiger partial charge in [0.1, 0.15) is 0 Å². The number of hydrogen-bond donors (Lipinski definition) is 0. The third-order valence-electron chi connectivity index (χ3n) is 1.22. The summed E-state index contributed by atoms with van der Waals surface area (Å²) in [6.07, 6.45) is 4.58. The average molecular weight is 446 g/mol. The molecule has 0 spiro atoms. The van der Waals surface area contributed by atoms with Crippen molar-refractivity contribution >= 4 is 0 Å². The van der Waals surface area contributed by atoms with Crippen molar-refractivity contribution in [2.75, 3.05) is 39.6 Å². The van der Waals surface area contributed by atoms with Crippen LogP contribution in [0.2, 0.25) is 0 Å². The molecule has 0 aromatic carbocycles. The maximum atomic E-state index is 9.30. The molecule has 0 rings (SSSR count). The van der Waals surface area contributed by atoms with Crippen molar-refractivity contribution in [1.82, 2.24) is 0 Å². The van der Waals surface area contributed by atoms with Gasteiger partial charge in [-0.2, -0.15) is 0 Å². The summed E-state index contributed by atoms with van der Waals surface area (Å²) in [5.41, 5.74) is 0. The minimum absolute atomic E-state index is 0. The van der Waals surface area contributed by atoms with Crippen LogP contribution in [0.4, 0.5) is 0 Å². The van der Waals surface area contributed by atoms with Crippen LogP contribution in [0.25, 0.3) is 0 Å². The molecule has 0 unspecified atom stereocenters. The summed E-state index contributed by atoms with van der Waals surface area (Å²) in [6, 6.07) is 0. The first-order valence-electron chi connectivity index (χ1n) is 8.97. The van der Waals surface area contributed by atoms with E-state index in [9.17, 15) is 30.6 Å². The van der Waals surface area contributed by atoms with Crippen LogP contribution < -0.4 is 30.6 Å². The van der Waals surface area contributed by atoms with Crippen molar-refractivity contribution in [1.29, 1.82) is 0 Å². The molecule has 0 aliphatic heterocycles. The molecule has 0 bridgehead atoms. The molecule has 0 saturated carbocycles. The van der Waals surface area contributed by atoms with E-state index in [4.69, 9.17) is 0 Å². The summed E-state index contributed by atoms with van der Waals surface area (Å²) in [5, 5.41) is 55.8. The van der Waals surface area contributed by atoms with Gasteiger partial charge in [-0.15, -0.1) is 39.6 Å². The molecule has 0 fully saturated rings. The van der Waals surface area contributed by atoms with Crippen LogP contribution in [0.15, 0.2) is 0 Å². The zero-order valence-corrected chi connectivity index (χ0v) is 19.9. The van der Waals surface area contributed by atoms with Crippen LogP contribution in [0, 0.1) is 0 Å². The Kier molecular flexibility index (Phi) is 154. The molecule has 6 nitrogen and oxygen atoms in total. The molecule has 0 N–H and O–H groups in total. The van der Waals surface area contributed by atoms with Gasteiger partial charge in [0.25, 0.3) is 0 Å². The molecule has 0 aliphatic rings. The van der Waals surface area contributed by atoms with Crippen molar-refractivity contribution in [2.45, 2.75) is 80.1 Å². The van der Waals surface area contributed by atoms with E-state index in [1.54, 1.807) is 0 Å². The Morgan fingerprint density at radius 1 is 0.320 bits per heavy atom. The van der Waals surface area contributed by atoms with Crippen LogP contribution in [-0.2, 0) is 26.2 Å². The van der Waals surface area contributed by atoms with E-state index in [0.29, 0.717) is 0 Å². The van der Waals surface area contributed by atoms with Crippen molar-refractivity contribution in [2.24, 2.45) is 0 Å². The predicted molar refractivity (Wildman–Crippen MR) is 90.9 cm³/mol. The van der Waals surface area contributed by atoms with Crippen molar-refractivity contribution < 1.29 is 56.8 Å². The van der Waals surface area contributed by atoms with Gasteiger partial charge in [0.15, 0.2) is 0 Å². The van der Waals surface area contributed by atoms with Crippen molar-refractivity contribution in [3.8, 4) is 0 Å². The molecule has 0 aromatic heterocycles. The molecule has 0 aliphatic carbocycles. The third-order valence-corrected chi connectivity index (χ3v) is 1.22. The molecular formula is C18H42O6Zr. The SMILES string of the molecule is CCC[O-].CCC[O-].CCC[O-].CCC[O-].CCC[O-].CCC[O-].[Zr+6]. The Hall–Kier alpha value is 0.643. The van der Waals surface area contributed by atoms with Crippen LogP contribution in [-0.4, -0.2) is 39.6 Å². The van der Waals surface area contributed by atoms with Gasteiger partial charge in [-0.3, -0.25) is 0 Å². The van der Waals surface area contributed by atoms with Crippen molar-refractivity contribution in [3.05, 3.63) is 0 Å². The fourth-order valence-corrected chi connectivity index (χ4v) is 0. The molecular weight excluding hydrogens is 403 g/mol. The molecule has 154 valence electrons. The van der Waals surface area contributed by atoms with Gasteiger partial charge < -0.3 is 30.6 Å². The second kappa shape index (κ2) is 86.2. The van der Waals surface area contributed by atoms with Gasteiger partial charge in [-0.25, -0.2) is 0 Å². The summed E-state index contributed by atoms with van der Waals surface area (Å²) in [4.78, 5) is 0. The van der Waals surface area contributed by atoms with Crippen LogP contribution >= 0.6 is 0 Å². The minimum Gasteiger partial charge on any atom is -0.854 e. The average Bonchev–Trinajstić information content (AvgIpc) is 2.68. The standard InChI is InChI=1S/6C3H7O.Zr/c6*1-2-3-4;/h6*2-3H2,1H3;/q6*-1;+6. The van der Waals surface area contributed by atoms with Gasteiger partial charge >= 0.3 is 26.2 Å². The van der Waals surface area contributed by atoms with E-state index in [-0.39, 0.29) is 65.8 Å². The van der Waals surface area contributed by atoms with E-state index in [1.165, 1.54) is 0 Å². The van der Waals surface area contributed by atoms with Gasteiger partial charge in [0.05, 0.1) is 0 Å². The fraction of sp³-hybridized carbons (Fsp3) is 1.00. The Morgan fingerprint density at radius 3 is 0.360 bits per heavy atom. The Balaban J connectivity index is -0.0000000309. The quantitative estimate of drug-likeness (QED) is 0.489.